The van der Waals surface area contributed by atoms with E-state index in [1.807, 2.05) is 6.07 Å². The van der Waals surface area contributed by atoms with Gasteiger partial charge >= 0.3 is 12.1 Å². The van der Waals surface area contributed by atoms with Crippen LogP contribution in [0.4, 0.5) is 10.6 Å². The average Bonchev–Trinajstić information content (AvgIpc) is 2.78. The Hall–Kier alpha value is -3.03. The zero-order valence-electron chi connectivity index (χ0n) is 10.2. The zero-order valence-corrected chi connectivity index (χ0v) is 10.2. The normalized spacial score (nSPS) is 10.0. The van der Waals surface area contributed by atoms with Crippen LogP contribution in [0.15, 0.2) is 35.1 Å². The summed E-state index contributed by atoms with van der Waals surface area (Å²) in [7, 11) is 0. The predicted octanol–water partition coefficient (Wildman–Crippen LogP) is 1.15. The summed E-state index contributed by atoms with van der Waals surface area (Å²) in [6.07, 6.45) is -0.869. The molecular formula is C12H11N3O5. The van der Waals surface area contributed by atoms with Crippen LogP contribution in [0.3, 0.4) is 0 Å². The fraction of sp³-hybridized carbons (Fsp3) is 0.0833. The van der Waals surface area contributed by atoms with Gasteiger partial charge in [-0.15, -0.1) is 0 Å². The van der Waals surface area contributed by atoms with Gasteiger partial charge in [0.15, 0.2) is 5.56 Å². The van der Waals surface area contributed by atoms with Crippen molar-refractivity contribution in [2.24, 2.45) is 0 Å². The van der Waals surface area contributed by atoms with E-state index in [4.69, 9.17) is 9.84 Å². The van der Waals surface area contributed by atoms with Gasteiger partial charge < -0.3 is 9.84 Å². The first kappa shape index (κ1) is 13.4. The van der Waals surface area contributed by atoms with Crippen molar-refractivity contribution in [2.75, 3.05) is 5.32 Å². The third-order valence-electron chi connectivity index (χ3n) is 2.43. The Morgan fingerprint density at radius 3 is 2.55 bits per heavy atom. The number of amides is 1. The molecule has 1 aromatic carbocycles. The molecule has 0 saturated carbocycles. The van der Waals surface area contributed by atoms with Gasteiger partial charge in [0.25, 0.3) is 5.56 Å². The Morgan fingerprint density at radius 1 is 1.20 bits per heavy atom. The molecule has 0 spiro atoms. The molecule has 1 amide bonds. The molecule has 0 radical (unpaired) electrons. The third kappa shape index (κ3) is 3.05. The van der Waals surface area contributed by atoms with Gasteiger partial charge in [-0.25, -0.2) is 9.59 Å². The molecule has 1 heterocycles. The Morgan fingerprint density at radius 2 is 1.90 bits per heavy atom. The molecule has 4 N–H and O–H groups in total. The number of hydrogen-bond acceptors (Lipinski definition) is 4. The molecule has 8 heteroatoms. The second kappa shape index (κ2) is 5.74. The summed E-state index contributed by atoms with van der Waals surface area (Å²) < 4.78 is 4.90. The lowest BCUT2D eigenvalue weighted by atomic mass is 10.2. The van der Waals surface area contributed by atoms with Crippen LogP contribution in [0.1, 0.15) is 15.9 Å². The van der Waals surface area contributed by atoms with Crippen molar-refractivity contribution in [3.8, 4) is 0 Å². The molecule has 8 nitrogen and oxygen atoms in total. The minimum atomic E-state index is -1.45. The minimum absolute atomic E-state index is 0.0315. The topological polar surface area (TPSA) is 124 Å². The second-order valence-electron chi connectivity index (χ2n) is 3.82. The van der Waals surface area contributed by atoms with Gasteiger partial charge in [-0.1, -0.05) is 30.3 Å². The molecule has 0 fully saturated rings. The van der Waals surface area contributed by atoms with E-state index in [1.165, 1.54) is 0 Å². The van der Waals surface area contributed by atoms with E-state index in [0.29, 0.717) is 0 Å². The van der Waals surface area contributed by atoms with E-state index >= 15 is 0 Å². The minimum Gasteiger partial charge on any atom is -0.477 e. The maximum absolute atomic E-state index is 11.5. The van der Waals surface area contributed by atoms with E-state index in [2.05, 4.69) is 15.5 Å². The standard InChI is InChI=1S/C12H11N3O5/c16-10-8(11(17)18)9(14-15-10)13-12(19)20-6-7-4-2-1-3-5-7/h1-5H,6H2,(H,17,18)(H3,13,14,15,16,19). The van der Waals surface area contributed by atoms with Crippen LogP contribution < -0.4 is 10.9 Å². The number of hydrogen-bond donors (Lipinski definition) is 4. The van der Waals surface area contributed by atoms with Crippen LogP contribution in [0.5, 0.6) is 0 Å². The maximum atomic E-state index is 11.5. The van der Waals surface area contributed by atoms with Gasteiger partial charge in [0.2, 0.25) is 0 Å². The molecule has 2 rings (SSSR count). The molecule has 0 unspecified atom stereocenters. The van der Waals surface area contributed by atoms with Crippen molar-refractivity contribution in [1.29, 1.82) is 0 Å². The number of aromatic amines is 2. The Labute approximate surface area is 112 Å². The van der Waals surface area contributed by atoms with Crippen molar-refractivity contribution in [3.63, 3.8) is 0 Å². The van der Waals surface area contributed by atoms with Gasteiger partial charge in [0, 0.05) is 0 Å². The lowest BCUT2D eigenvalue weighted by Crippen LogP contribution is -2.18. The monoisotopic (exact) mass is 277 g/mol. The molecule has 104 valence electrons. The van der Waals surface area contributed by atoms with Gasteiger partial charge in [-0.05, 0) is 5.56 Å². The number of rotatable bonds is 4. The smallest absolute Gasteiger partial charge is 0.413 e. The number of carboxylic acid groups (broad SMARTS) is 1. The largest absolute Gasteiger partial charge is 0.477 e. The van der Waals surface area contributed by atoms with Crippen molar-refractivity contribution >= 4 is 17.9 Å². The van der Waals surface area contributed by atoms with Crippen LogP contribution >= 0.6 is 0 Å². The van der Waals surface area contributed by atoms with Crippen molar-refractivity contribution < 1.29 is 19.4 Å². The highest BCUT2D eigenvalue weighted by atomic mass is 16.5. The lowest BCUT2D eigenvalue weighted by molar-refractivity contribution is 0.0696. The number of H-pyrrole nitrogens is 2. The third-order valence-corrected chi connectivity index (χ3v) is 2.43. The van der Waals surface area contributed by atoms with Gasteiger partial charge in [0.05, 0.1) is 0 Å². The molecule has 0 atom stereocenters. The summed E-state index contributed by atoms with van der Waals surface area (Å²) in [5.41, 5.74) is -0.638. The Balaban J connectivity index is 1.99. The van der Waals surface area contributed by atoms with Crippen molar-refractivity contribution in [1.82, 2.24) is 10.2 Å². The molecule has 0 bridgehead atoms. The summed E-state index contributed by atoms with van der Waals surface area (Å²) >= 11 is 0. The summed E-state index contributed by atoms with van der Waals surface area (Å²) in [4.78, 5) is 33.5. The number of nitrogens with one attached hydrogen (secondary N) is 3. The molecule has 0 aliphatic heterocycles. The molecule has 2 aromatic rings. The maximum Gasteiger partial charge on any atom is 0.413 e. The predicted molar refractivity (Wildman–Crippen MR) is 68.6 cm³/mol. The van der Waals surface area contributed by atoms with E-state index in [9.17, 15) is 14.4 Å². The van der Waals surface area contributed by atoms with Gasteiger partial charge in [0.1, 0.15) is 12.4 Å². The number of aromatic nitrogens is 2. The molecule has 20 heavy (non-hydrogen) atoms. The van der Waals surface area contributed by atoms with Crippen molar-refractivity contribution in [2.45, 2.75) is 6.61 Å². The average molecular weight is 277 g/mol. The van der Waals surface area contributed by atoms with E-state index < -0.39 is 23.2 Å². The van der Waals surface area contributed by atoms with Crippen LogP contribution in [0.25, 0.3) is 0 Å². The summed E-state index contributed by atoms with van der Waals surface area (Å²) in [5.74, 6) is -1.70. The molecular weight excluding hydrogens is 266 g/mol. The van der Waals surface area contributed by atoms with Gasteiger partial charge in [-0.2, -0.15) is 0 Å². The summed E-state index contributed by atoms with van der Waals surface area (Å²) in [6, 6.07) is 8.96. The number of carbonyl (C=O) groups excluding carboxylic acids is 1. The number of carboxylic acids is 1. The molecule has 0 aliphatic carbocycles. The fourth-order valence-electron chi connectivity index (χ4n) is 1.52. The molecule has 0 aliphatic rings. The van der Waals surface area contributed by atoms with Crippen LogP contribution in [-0.2, 0) is 11.3 Å². The second-order valence-corrected chi connectivity index (χ2v) is 3.82. The number of carbonyl (C=O) groups is 2. The quantitative estimate of drug-likeness (QED) is 0.667. The first-order chi connectivity index (χ1) is 9.58. The summed E-state index contributed by atoms with van der Waals surface area (Å²) in [6.45, 7) is 0.0315. The Kier molecular flexibility index (Phi) is 3.85. The SMILES string of the molecule is O=C(Nc1[nH][nH]c(=O)c1C(=O)O)OCc1ccccc1. The number of ether oxygens (including phenoxy) is 1. The van der Waals surface area contributed by atoms with Gasteiger partial charge in [-0.3, -0.25) is 20.3 Å². The number of aromatic carboxylic acids is 1. The molecule has 0 saturated heterocycles. The number of benzene rings is 1. The first-order valence-electron chi connectivity index (χ1n) is 5.59. The van der Waals surface area contributed by atoms with Crippen molar-refractivity contribution in [3.05, 3.63) is 51.8 Å². The van der Waals surface area contributed by atoms with E-state index in [1.54, 1.807) is 24.3 Å². The fourth-order valence-corrected chi connectivity index (χ4v) is 1.52. The highest BCUT2D eigenvalue weighted by Gasteiger charge is 2.19. The highest BCUT2D eigenvalue weighted by molar-refractivity contribution is 5.97. The van der Waals surface area contributed by atoms with E-state index in [-0.39, 0.29) is 12.4 Å². The highest BCUT2D eigenvalue weighted by Crippen LogP contribution is 2.08. The lowest BCUT2D eigenvalue weighted by Gasteiger charge is -2.05. The summed E-state index contributed by atoms with van der Waals surface area (Å²) in [5, 5.41) is 15.3. The van der Waals surface area contributed by atoms with Crippen LogP contribution in [0, 0.1) is 0 Å². The number of anilines is 1. The Bertz CT molecular complexity index is 674. The first-order valence-corrected chi connectivity index (χ1v) is 5.59. The zero-order chi connectivity index (χ0) is 14.5. The van der Waals surface area contributed by atoms with Crippen LogP contribution in [0.2, 0.25) is 0 Å². The van der Waals surface area contributed by atoms with Crippen LogP contribution in [-0.4, -0.2) is 27.4 Å². The molecule has 1 aromatic heterocycles. The van der Waals surface area contributed by atoms with E-state index in [0.717, 1.165) is 5.56 Å².